The van der Waals surface area contributed by atoms with Crippen molar-refractivity contribution in [2.24, 2.45) is 0 Å². The van der Waals surface area contributed by atoms with Crippen molar-refractivity contribution in [3.8, 4) is 33.6 Å². The fourth-order valence-electron chi connectivity index (χ4n) is 4.61. The molecule has 2 aromatic heterocycles. The Hall–Kier alpha value is -3.74. The minimum Gasteiger partial charge on any atom is -0.398 e. The van der Waals surface area contributed by atoms with Gasteiger partial charge in [-0.3, -0.25) is 0 Å². The zero-order chi connectivity index (χ0) is 24.9. The summed E-state index contributed by atoms with van der Waals surface area (Å²) in [7, 11) is -0.615. The number of rotatable bonds is 4. The average Bonchev–Trinajstić information content (AvgIpc) is 3.38. The van der Waals surface area contributed by atoms with Gasteiger partial charge >= 0.3 is 7.12 Å². The van der Waals surface area contributed by atoms with Crippen LogP contribution in [0.4, 0.5) is 0 Å². The summed E-state index contributed by atoms with van der Waals surface area (Å²) in [6, 6.07) is 32.9. The zero-order valence-corrected chi connectivity index (χ0v) is 21.0. The second kappa shape index (κ2) is 8.44. The van der Waals surface area contributed by atoms with Gasteiger partial charge in [0.2, 0.25) is 0 Å². The fourth-order valence-corrected chi connectivity index (χ4v) is 4.61. The molecule has 0 saturated carbocycles. The monoisotopic (exact) mass is 473 g/mol. The van der Waals surface area contributed by atoms with Gasteiger partial charge in [0.05, 0.1) is 22.6 Å². The second-order valence-electron chi connectivity index (χ2n) is 10.2. The van der Waals surface area contributed by atoms with E-state index >= 15 is 0 Å². The third-order valence-electron chi connectivity index (χ3n) is 7.29. The molecule has 0 atom stereocenters. The normalized spacial score (nSPS) is 16.5. The van der Waals surface area contributed by atoms with Crippen LogP contribution in [0.2, 0.25) is 0 Å². The Balaban J connectivity index is 1.67. The van der Waals surface area contributed by atoms with Crippen molar-refractivity contribution in [2.45, 2.75) is 38.9 Å². The molecule has 3 heterocycles. The van der Waals surface area contributed by atoms with E-state index in [1.165, 1.54) is 0 Å². The minimum atomic E-state index is -0.615. The van der Waals surface area contributed by atoms with Gasteiger partial charge in [0.15, 0.2) is 5.65 Å². The Morgan fingerprint density at radius 1 is 0.667 bits per heavy atom. The molecule has 1 fully saturated rings. The first-order valence-corrected chi connectivity index (χ1v) is 12.3. The Kier molecular flexibility index (Phi) is 5.32. The van der Waals surface area contributed by atoms with E-state index in [1.54, 1.807) is 0 Å². The Morgan fingerprint density at radius 3 is 1.72 bits per heavy atom. The highest BCUT2D eigenvalue weighted by atomic mass is 16.7. The number of hydrogen-bond acceptors (Lipinski definition) is 4. The molecule has 0 bridgehead atoms. The molecule has 0 radical (unpaired) electrons. The molecule has 0 unspecified atom stereocenters. The van der Waals surface area contributed by atoms with E-state index in [0.717, 1.165) is 44.9 Å². The lowest BCUT2D eigenvalue weighted by atomic mass is 9.80. The van der Waals surface area contributed by atoms with Gasteiger partial charge in [-0.05, 0) is 39.3 Å². The Morgan fingerprint density at radius 2 is 1.17 bits per heavy atom. The summed E-state index contributed by atoms with van der Waals surface area (Å²) in [5.74, 6) is 0. The second-order valence-corrected chi connectivity index (χ2v) is 10.2. The third kappa shape index (κ3) is 3.74. The molecule has 3 aromatic carbocycles. The highest BCUT2D eigenvalue weighted by Gasteiger charge is 2.53. The summed E-state index contributed by atoms with van der Waals surface area (Å²) < 4.78 is 14.9. The van der Waals surface area contributed by atoms with E-state index in [4.69, 9.17) is 19.4 Å². The molecule has 0 spiro atoms. The van der Waals surface area contributed by atoms with Crippen molar-refractivity contribution in [1.29, 1.82) is 0 Å². The van der Waals surface area contributed by atoms with E-state index in [-0.39, 0.29) is 0 Å². The van der Waals surface area contributed by atoms with Gasteiger partial charge in [-0.15, -0.1) is 0 Å². The number of benzene rings is 3. The van der Waals surface area contributed by atoms with Crippen molar-refractivity contribution < 1.29 is 9.31 Å². The lowest BCUT2D eigenvalue weighted by Crippen LogP contribution is -2.41. The van der Waals surface area contributed by atoms with Crippen LogP contribution in [0.25, 0.3) is 39.3 Å². The van der Waals surface area contributed by atoms with Gasteiger partial charge in [-0.2, -0.15) is 5.10 Å². The highest BCUT2D eigenvalue weighted by molar-refractivity contribution is 6.63. The van der Waals surface area contributed by atoms with Crippen molar-refractivity contribution >= 4 is 18.4 Å². The largest absolute Gasteiger partial charge is 0.517 e. The Labute approximate surface area is 211 Å². The van der Waals surface area contributed by atoms with Gasteiger partial charge in [0.25, 0.3) is 0 Å². The van der Waals surface area contributed by atoms with Gasteiger partial charge < -0.3 is 9.31 Å². The number of hydrogen-bond donors (Lipinski definition) is 0. The minimum absolute atomic E-state index is 0.480. The van der Waals surface area contributed by atoms with Crippen LogP contribution in [0, 0.1) is 0 Å². The summed E-state index contributed by atoms with van der Waals surface area (Å²) in [6.07, 6.45) is 0. The molecule has 178 valence electrons. The number of fused-ring (bicyclic) bond motifs is 1. The molecule has 1 aliphatic heterocycles. The van der Waals surface area contributed by atoms with Gasteiger partial charge in [-0.1, -0.05) is 91.0 Å². The molecule has 5 nitrogen and oxygen atoms in total. The molecule has 6 heteroatoms. The number of nitrogens with zero attached hydrogens (tertiary/aromatic N) is 3. The van der Waals surface area contributed by atoms with E-state index in [2.05, 4.69) is 70.2 Å². The van der Waals surface area contributed by atoms with Gasteiger partial charge in [0.1, 0.15) is 5.59 Å². The lowest BCUT2D eigenvalue weighted by Gasteiger charge is -2.32. The van der Waals surface area contributed by atoms with Crippen molar-refractivity contribution in [3.63, 3.8) is 0 Å². The van der Waals surface area contributed by atoms with Crippen molar-refractivity contribution in [3.05, 3.63) is 97.1 Å². The van der Waals surface area contributed by atoms with Crippen molar-refractivity contribution in [2.75, 3.05) is 0 Å². The lowest BCUT2D eigenvalue weighted by molar-refractivity contribution is 0.00578. The van der Waals surface area contributed by atoms with Crippen LogP contribution in [-0.2, 0) is 9.31 Å². The summed E-state index contributed by atoms with van der Waals surface area (Å²) in [5, 5.41) is 5.12. The molecule has 1 aliphatic rings. The third-order valence-corrected chi connectivity index (χ3v) is 7.29. The first-order chi connectivity index (χ1) is 17.3. The molecular weight excluding hydrogens is 445 g/mol. The van der Waals surface area contributed by atoms with Crippen molar-refractivity contribution in [1.82, 2.24) is 14.6 Å². The van der Waals surface area contributed by atoms with Crippen LogP contribution in [0.15, 0.2) is 97.1 Å². The SMILES string of the molecule is CC1(C)OB(c2nn3c(-c4ccccc4)cc(-c4ccccc4)nc3c2-c2ccccc2)OC1(C)C. The maximum Gasteiger partial charge on any atom is 0.517 e. The molecule has 5 aromatic rings. The standard InChI is InChI=1S/C30H28BN3O2/c1-29(2)30(3,4)36-31(35-29)27-26(23-18-12-7-13-19-23)28-32-24(21-14-8-5-9-15-21)20-25(34(28)33-27)22-16-10-6-11-17-22/h5-20H,1-4H3. The maximum atomic E-state index is 6.48. The topological polar surface area (TPSA) is 48.7 Å². The van der Waals surface area contributed by atoms with Crippen LogP contribution in [0.5, 0.6) is 0 Å². The molecule has 0 N–H and O–H groups in total. The molecule has 36 heavy (non-hydrogen) atoms. The summed E-state index contributed by atoms with van der Waals surface area (Å²) >= 11 is 0. The summed E-state index contributed by atoms with van der Waals surface area (Å²) in [5.41, 5.74) is 6.44. The first kappa shape index (κ1) is 22.7. The van der Waals surface area contributed by atoms with E-state index in [9.17, 15) is 0 Å². The van der Waals surface area contributed by atoms with Crippen LogP contribution >= 0.6 is 0 Å². The maximum absolute atomic E-state index is 6.48. The predicted octanol–water partition coefficient (Wildman–Crippen LogP) is 6.03. The quantitative estimate of drug-likeness (QED) is 0.299. The Bertz CT molecular complexity index is 1510. The summed E-state index contributed by atoms with van der Waals surface area (Å²) in [4.78, 5) is 5.16. The van der Waals surface area contributed by atoms with Gasteiger partial charge in [-0.25, -0.2) is 9.50 Å². The fraction of sp³-hybridized carbons (Fsp3) is 0.200. The van der Waals surface area contributed by atoms with Crippen LogP contribution in [0.3, 0.4) is 0 Å². The smallest absolute Gasteiger partial charge is 0.398 e. The molecule has 6 rings (SSSR count). The van der Waals surface area contributed by atoms with E-state index in [0.29, 0.717) is 0 Å². The van der Waals surface area contributed by atoms with Crippen LogP contribution < -0.4 is 5.59 Å². The van der Waals surface area contributed by atoms with E-state index in [1.807, 2.05) is 59.1 Å². The highest BCUT2D eigenvalue weighted by Crippen LogP contribution is 2.38. The van der Waals surface area contributed by atoms with Crippen LogP contribution in [0.1, 0.15) is 27.7 Å². The molecular formula is C30H28BN3O2. The zero-order valence-electron chi connectivity index (χ0n) is 21.0. The predicted molar refractivity (Wildman–Crippen MR) is 145 cm³/mol. The first-order valence-electron chi connectivity index (χ1n) is 12.3. The molecule has 0 amide bonds. The average molecular weight is 473 g/mol. The van der Waals surface area contributed by atoms with E-state index < -0.39 is 18.3 Å². The van der Waals surface area contributed by atoms with Crippen LogP contribution in [-0.4, -0.2) is 32.9 Å². The van der Waals surface area contributed by atoms with Gasteiger partial charge in [0, 0.05) is 16.7 Å². The molecule has 0 aliphatic carbocycles. The number of aromatic nitrogens is 3. The molecule has 1 saturated heterocycles. The summed E-state index contributed by atoms with van der Waals surface area (Å²) in [6.45, 7) is 8.25.